The van der Waals surface area contributed by atoms with E-state index in [0.29, 0.717) is 11.3 Å². The maximum absolute atomic E-state index is 12.6. The fourth-order valence-electron chi connectivity index (χ4n) is 1.61. The van der Waals surface area contributed by atoms with Crippen LogP contribution in [0.4, 0.5) is 8.78 Å². The molecule has 6 heteroatoms. The second kappa shape index (κ2) is 6.28. The van der Waals surface area contributed by atoms with Gasteiger partial charge >= 0.3 is 5.97 Å². The molecule has 0 N–H and O–H groups in total. The smallest absolute Gasteiger partial charge is 0.312 e. The lowest BCUT2D eigenvalue weighted by Crippen LogP contribution is -2.11. The van der Waals surface area contributed by atoms with Crippen molar-refractivity contribution in [1.82, 2.24) is 4.98 Å². The van der Waals surface area contributed by atoms with Crippen molar-refractivity contribution in [2.75, 3.05) is 13.7 Å². The normalized spacial score (nSPS) is 10.6. The van der Waals surface area contributed by atoms with Crippen LogP contribution in [0.3, 0.4) is 0 Å². The Morgan fingerprint density at radius 1 is 1.50 bits per heavy atom. The third-order valence-corrected chi connectivity index (χ3v) is 2.29. The predicted octanol–water partition coefficient (Wildman–Crippen LogP) is 2.44. The van der Waals surface area contributed by atoms with Crippen molar-refractivity contribution in [1.29, 1.82) is 0 Å². The first kappa shape index (κ1) is 14.3. The van der Waals surface area contributed by atoms with E-state index in [1.807, 2.05) is 0 Å². The first-order chi connectivity index (χ1) is 8.49. The Labute approximate surface area is 104 Å². The lowest BCUT2D eigenvalue weighted by atomic mass is 10.1. The van der Waals surface area contributed by atoms with Crippen LogP contribution in [0, 0.1) is 6.92 Å². The van der Waals surface area contributed by atoms with Crippen molar-refractivity contribution < 1.29 is 23.0 Å². The fraction of sp³-hybridized carbons (Fsp3) is 0.500. The van der Waals surface area contributed by atoms with Crippen molar-refractivity contribution in [3.8, 4) is 5.75 Å². The molecule has 0 fully saturated rings. The molecule has 0 bridgehead atoms. The zero-order valence-electron chi connectivity index (χ0n) is 10.5. The molecule has 0 unspecified atom stereocenters. The topological polar surface area (TPSA) is 48.4 Å². The molecule has 4 nitrogen and oxygen atoms in total. The third-order valence-electron chi connectivity index (χ3n) is 2.29. The van der Waals surface area contributed by atoms with Crippen molar-refractivity contribution in [3.05, 3.63) is 23.0 Å². The Balaban J connectivity index is 3.10. The summed E-state index contributed by atoms with van der Waals surface area (Å²) in [5, 5.41) is 0. The van der Waals surface area contributed by atoms with Crippen molar-refractivity contribution in [2.45, 2.75) is 26.7 Å². The fourth-order valence-corrected chi connectivity index (χ4v) is 1.61. The molecule has 0 saturated carbocycles. The van der Waals surface area contributed by atoms with E-state index in [9.17, 15) is 13.6 Å². The van der Waals surface area contributed by atoms with Crippen LogP contribution in [0.15, 0.2) is 6.07 Å². The maximum Gasteiger partial charge on any atom is 0.312 e. The number of hydrogen-bond donors (Lipinski definition) is 0. The highest BCUT2D eigenvalue weighted by molar-refractivity contribution is 5.73. The molecule has 0 saturated heterocycles. The molecule has 18 heavy (non-hydrogen) atoms. The summed E-state index contributed by atoms with van der Waals surface area (Å²) in [6, 6.07) is 1.25. The summed E-state index contributed by atoms with van der Waals surface area (Å²) in [5.74, 6) is -0.179. The van der Waals surface area contributed by atoms with Gasteiger partial charge in [0.15, 0.2) is 0 Å². The molecule has 0 radical (unpaired) electrons. The summed E-state index contributed by atoms with van der Waals surface area (Å²) in [5.41, 5.74) is 0.320. The number of halogens is 2. The zero-order chi connectivity index (χ0) is 13.7. The average molecular weight is 259 g/mol. The van der Waals surface area contributed by atoms with E-state index in [4.69, 9.17) is 9.47 Å². The molecule has 1 heterocycles. The lowest BCUT2D eigenvalue weighted by molar-refractivity contribution is -0.142. The van der Waals surface area contributed by atoms with Gasteiger partial charge in [-0.05, 0) is 25.5 Å². The van der Waals surface area contributed by atoms with E-state index in [1.165, 1.54) is 13.2 Å². The Kier molecular flexibility index (Phi) is 5.00. The van der Waals surface area contributed by atoms with E-state index in [0.717, 1.165) is 0 Å². The Morgan fingerprint density at radius 2 is 2.17 bits per heavy atom. The molecule has 100 valence electrons. The molecule has 0 aliphatic heterocycles. The number of nitrogens with zero attached hydrogens (tertiary/aromatic N) is 1. The first-order valence-corrected chi connectivity index (χ1v) is 5.47. The highest BCUT2D eigenvalue weighted by Crippen LogP contribution is 2.27. The number of ether oxygens (including phenoxy) is 2. The molecule has 0 aromatic carbocycles. The summed E-state index contributed by atoms with van der Waals surface area (Å²) in [6.07, 6.45) is -2.87. The summed E-state index contributed by atoms with van der Waals surface area (Å²) in [4.78, 5) is 15.1. The van der Waals surface area contributed by atoms with Gasteiger partial charge in [0.05, 0.1) is 25.8 Å². The van der Waals surface area contributed by atoms with Crippen LogP contribution in [-0.2, 0) is 16.0 Å². The zero-order valence-corrected chi connectivity index (χ0v) is 10.5. The molecular formula is C12H15F2NO3. The number of carbonyl (C=O) groups is 1. The third kappa shape index (κ3) is 3.38. The Bertz CT molecular complexity index is 436. The first-order valence-electron chi connectivity index (χ1n) is 5.47. The van der Waals surface area contributed by atoms with Crippen molar-refractivity contribution >= 4 is 5.97 Å². The number of methoxy groups -OCH3 is 1. The molecule has 0 spiro atoms. The SMILES string of the molecule is CCOC(=O)Cc1nc(C(F)F)cc(C)c1OC. The number of aromatic nitrogens is 1. The Morgan fingerprint density at radius 3 is 2.67 bits per heavy atom. The number of esters is 1. The second-order valence-electron chi connectivity index (χ2n) is 3.63. The van der Waals surface area contributed by atoms with Crippen LogP contribution >= 0.6 is 0 Å². The average Bonchev–Trinajstić information content (AvgIpc) is 2.28. The van der Waals surface area contributed by atoms with Gasteiger partial charge in [0.2, 0.25) is 0 Å². The van der Waals surface area contributed by atoms with Gasteiger partial charge in [0.25, 0.3) is 6.43 Å². The largest absolute Gasteiger partial charge is 0.495 e. The molecule has 0 atom stereocenters. The monoisotopic (exact) mass is 259 g/mol. The van der Waals surface area contributed by atoms with Crippen LogP contribution in [0.2, 0.25) is 0 Å². The molecule has 1 aromatic heterocycles. The van der Waals surface area contributed by atoms with Gasteiger partial charge in [-0.1, -0.05) is 0 Å². The van der Waals surface area contributed by atoms with Gasteiger partial charge in [-0.15, -0.1) is 0 Å². The van der Waals surface area contributed by atoms with E-state index in [1.54, 1.807) is 13.8 Å². The van der Waals surface area contributed by atoms with Crippen LogP contribution in [-0.4, -0.2) is 24.7 Å². The van der Waals surface area contributed by atoms with Gasteiger partial charge in [-0.2, -0.15) is 0 Å². The minimum Gasteiger partial charge on any atom is -0.495 e. The number of hydrogen-bond acceptors (Lipinski definition) is 4. The van der Waals surface area contributed by atoms with Crippen molar-refractivity contribution in [3.63, 3.8) is 0 Å². The maximum atomic E-state index is 12.6. The summed E-state index contributed by atoms with van der Waals surface area (Å²) >= 11 is 0. The van der Waals surface area contributed by atoms with Gasteiger partial charge < -0.3 is 9.47 Å². The van der Waals surface area contributed by atoms with Gasteiger partial charge in [-0.3, -0.25) is 4.79 Å². The molecule has 1 aromatic rings. The van der Waals surface area contributed by atoms with Gasteiger partial charge in [0.1, 0.15) is 11.4 Å². The van der Waals surface area contributed by atoms with Crippen LogP contribution in [0.5, 0.6) is 5.75 Å². The van der Waals surface area contributed by atoms with Gasteiger partial charge in [0, 0.05) is 0 Å². The number of pyridine rings is 1. The van der Waals surface area contributed by atoms with E-state index in [2.05, 4.69) is 4.98 Å². The van der Waals surface area contributed by atoms with Crippen LogP contribution < -0.4 is 4.74 Å². The van der Waals surface area contributed by atoms with Crippen LogP contribution in [0.1, 0.15) is 30.3 Å². The second-order valence-corrected chi connectivity index (χ2v) is 3.63. The van der Waals surface area contributed by atoms with E-state index >= 15 is 0 Å². The number of aryl methyl sites for hydroxylation is 1. The number of carbonyl (C=O) groups excluding carboxylic acids is 1. The quantitative estimate of drug-likeness (QED) is 0.762. The lowest BCUT2D eigenvalue weighted by Gasteiger charge is -2.12. The summed E-state index contributed by atoms with van der Waals surface area (Å²) in [6.45, 7) is 3.53. The molecule has 0 amide bonds. The van der Waals surface area contributed by atoms with E-state index < -0.39 is 12.4 Å². The molecule has 0 aliphatic carbocycles. The number of alkyl halides is 2. The summed E-state index contributed by atoms with van der Waals surface area (Å²) < 4.78 is 35.1. The highest BCUT2D eigenvalue weighted by Gasteiger charge is 2.18. The standard InChI is InChI=1S/C12H15F2NO3/c1-4-18-10(16)6-8-11(17-3)7(2)5-9(15-8)12(13)14/h5,12H,4,6H2,1-3H3. The number of rotatable bonds is 5. The van der Waals surface area contributed by atoms with Gasteiger partial charge in [-0.25, -0.2) is 13.8 Å². The highest BCUT2D eigenvalue weighted by atomic mass is 19.3. The minimum atomic E-state index is -2.68. The predicted molar refractivity (Wildman–Crippen MR) is 60.8 cm³/mol. The molecular weight excluding hydrogens is 244 g/mol. The molecule has 1 rings (SSSR count). The molecule has 0 aliphatic rings. The summed E-state index contributed by atoms with van der Waals surface area (Å²) in [7, 11) is 1.40. The minimum absolute atomic E-state index is 0.172. The Hall–Kier alpha value is -1.72. The van der Waals surface area contributed by atoms with Crippen LogP contribution in [0.25, 0.3) is 0 Å². The van der Waals surface area contributed by atoms with Crippen molar-refractivity contribution in [2.24, 2.45) is 0 Å². The van der Waals surface area contributed by atoms with E-state index in [-0.39, 0.29) is 24.4 Å².